The molecular formula is C11H14N4O. The van der Waals surface area contributed by atoms with E-state index in [0.717, 1.165) is 30.5 Å². The summed E-state index contributed by atoms with van der Waals surface area (Å²) in [6.07, 6.45) is 5.75. The molecular weight excluding hydrogens is 204 g/mol. The first-order chi connectivity index (χ1) is 7.84. The summed E-state index contributed by atoms with van der Waals surface area (Å²) < 4.78 is 1.79. The van der Waals surface area contributed by atoms with Crippen LogP contribution in [0.1, 0.15) is 12.8 Å². The van der Waals surface area contributed by atoms with Gasteiger partial charge in [-0.3, -0.25) is 9.55 Å². The largest absolute Gasteiger partial charge is 0.326 e. The number of pyridine rings is 1. The SMILES string of the molecule is O=c1[nH]c2cnccc2n1CC1CCCN1. The van der Waals surface area contributed by atoms with Gasteiger partial charge >= 0.3 is 5.69 Å². The van der Waals surface area contributed by atoms with Crippen LogP contribution in [-0.2, 0) is 6.54 Å². The minimum absolute atomic E-state index is 0.0447. The molecule has 16 heavy (non-hydrogen) atoms. The fraction of sp³-hybridized carbons (Fsp3) is 0.455. The molecule has 0 bridgehead atoms. The summed E-state index contributed by atoms with van der Waals surface area (Å²) in [6.45, 7) is 1.80. The monoisotopic (exact) mass is 218 g/mol. The molecule has 0 aliphatic carbocycles. The molecule has 1 fully saturated rings. The molecule has 2 N–H and O–H groups in total. The highest BCUT2D eigenvalue weighted by atomic mass is 16.1. The van der Waals surface area contributed by atoms with Gasteiger partial charge < -0.3 is 10.3 Å². The molecule has 84 valence electrons. The zero-order valence-electron chi connectivity index (χ0n) is 8.94. The van der Waals surface area contributed by atoms with Gasteiger partial charge in [0.15, 0.2) is 0 Å². The molecule has 2 aromatic rings. The zero-order chi connectivity index (χ0) is 11.0. The van der Waals surface area contributed by atoms with E-state index in [9.17, 15) is 4.79 Å². The molecule has 2 aromatic heterocycles. The predicted octanol–water partition coefficient (Wildman–Crippen LogP) is 0.477. The van der Waals surface area contributed by atoms with Gasteiger partial charge in [-0.25, -0.2) is 4.79 Å². The number of hydrogen-bond donors (Lipinski definition) is 2. The van der Waals surface area contributed by atoms with Crippen molar-refractivity contribution in [1.82, 2.24) is 19.9 Å². The molecule has 0 amide bonds. The van der Waals surface area contributed by atoms with Crippen molar-refractivity contribution in [2.45, 2.75) is 25.4 Å². The van der Waals surface area contributed by atoms with Crippen LogP contribution in [0.25, 0.3) is 11.0 Å². The lowest BCUT2D eigenvalue weighted by molar-refractivity contribution is 0.509. The van der Waals surface area contributed by atoms with Crippen LogP contribution >= 0.6 is 0 Å². The van der Waals surface area contributed by atoms with Crippen molar-refractivity contribution < 1.29 is 0 Å². The van der Waals surface area contributed by atoms with E-state index in [1.807, 2.05) is 6.07 Å². The Morgan fingerprint density at radius 1 is 1.56 bits per heavy atom. The van der Waals surface area contributed by atoms with E-state index in [0.29, 0.717) is 6.04 Å². The molecule has 1 aliphatic heterocycles. The van der Waals surface area contributed by atoms with E-state index in [1.165, 1.54) is 6.42 Å². The summed E-state index contributed by atoms with van der Waals surface area (Å²) in [5, 5.41) is 3.40. The lowest BCUT2D eigenvalue weighted by Crippen LogP contribution is -2.31. The molecule has 5 heteroatoms. The normalized spacial score (nSPS) is 20.6. The Labute approximate surface area is 92.5 Å². The average Bonchev–Trinajstić information content (AvgIpc) is 2.89. The Hall–Kier alpha value is -1.62. The Morgan fingerprint density at radius 2 is 2.50 bits per heavy atom. The maximum atomic E-state index is 11.8. The number of aromatic nitrogens is 3. The minimum Gasteiger partial charge on any atom is -0.312 e. The van der Waals surface area contributed by atoms with E-state index < -0.39 is 0 Å². The Bertz CT molecular complexity index is 550. The number of rotatable bonds is 2. The van der Waals surface area contributed by atoms with Crippen molar-refractivity contribution in [2.75, 3.05) is 6.54 Å². The standard InChI is InChI=1S/C11H14N4O/c16-11-14-9-6-12-5-3-10(9)15(11)7-8-2-1-4-13-8/h3,5-6,8,13H,1-2,4,7H2,(H,14,16). The second kappa shape index (κ2) is 3.75. The number of aromatic amines is 1. The number of nitrogens with zero attached hydrogens (tertiary/aromatic N) is 2. The topological polar surface area (TPSA) is 62.7 Å². The Morgan fingerprint density at radius 3 is 3.31 bits per heavy atom. The number of H-pyrrole nitrogens is 1. The van der Waals surface area contributed by atoms with Crippen molar-refractivity contribution in [3.63, 3.8) is 0 Å². The van der Waals surface area contributed by atoms with Crippen LogP contribution in [0.2, 0.25) is 0 Å². The first kappa shape index (κ1) is 9.59. The van der Waals surface area contributed by atoms with E-state index in [2.05, 4.69) is 15.3 Å². The van der Waals surface area contributed by atoms with Crippen LogP contribution < -0.4 is 11.0 Å². The van der Waals surface area contributed by atoms with E-state index >= 15 is 0 Å². The third-order valence-electron chi connectivity index (χ3n) is 3.14. The van der Waals surface area contributed by atoms with Crippen molar-refractivity contribution in [2.24, 2.45) is 0 Å². The second-order valence-corrected chi connectivity index (χ2v) is 4.23. The van der Waals surface area contributed by atoms with Crippen molar-refractivity contribution in [3.8, 4) is 0 Å². The van der Waals surface area contributed by atoms with Gasteiger partial charge in [0.05, 0.1) is 17.2 Å². The second-order valence-electron chi connectivity index (χ2n) is 4.23. The van der Waals surface area contributed by atoms with Crippen molar-refractivity contribution in [3.05, 3.63) is 28.9 Å². The van der Waals surface area contributed by atoms with Crippen molar-refractivity contribution >= 4 is 11.0 Å². The summed E-state index contributed by atoms with van der Waals surface area (Å²) in [4.78, 5) is 18.6. The average molecular weight is 218 g/mol. The third kappa shape index (κ3) is 1.53. The quantitative estimate of drug-likeness (QED) is 0.770. The van der Waals surface area contributed by atoms with Gasteiger partial charge in [-0.2, -0.15) is 0 Å². The number of fused-ring (bicyclic) bond motifs is 1. The summed E-state index contributed by atoms with van der Waals surface area (Å²) >= 11 is 0. The summed E-state index contributed by atoms with van der Waals surface area (Å²) in [5.74, 6) is 0. The van der Waals surface area contributed by atoms with Gasteiger partial charge in [-0.1, -0.05) is 0 Å². The molecule has 0 saturated carbocycles. The summed E-state index contributed by atoms with van der Waals surface area (Å²) in [5.41, 5.74) is 1.70. The van der Waals surface area contributed by atoms with Gasteiger partial charge in [0.1, 0.15) is 0 Å². The van der Waals surface area contributed by atoms with Gasteiger partial charge in [0.25, 0.3) is 0 Å². The maximum absolute atomic E-state index is 11.8. The molecule has 1 aliphatic rings. The molecule has 3 heterocycles. The first-order valence-electron chi connectivity index (χ1n) is 5.60. The highest BCUT2D eigenvalue weighted by molar-refractivity contribution is 5.73. The van der Waals surface area contributed by atoms with Gasteiger partial charge in [-0.05, 0) is 25.5 Å². The van der Waals surface area contributed by atoms with Crippen LogP contribution in [0.15, 0.2) is 23.3 Å². The minimum atomic E-state index is -0.0447. The molecule has 0 spiro atoms. The third-order valence-corrected chi connectivity index (χ3v) is 3.14. The number of hydrogen-bond acceptors (Lipinski definition) is 3. The molecule has 1 unspecified atom stereocenters. The highest BCUT2D eigenvalue weighted by Gasteiger charge is 2.16. The van der Waals surface area contributed by atoms with Crippen LogP contribution in [0.4, 0.5) is 0 Å². The van der Waals surface area contributed by atoms with Crippen LogP contribution in [0.3, 0.4) is 0 Å². The molecule has 3 rings (SSSR count). The first-order valence-corrected chi connectivity index (χ1v) is 5.60. The lowest BCUT2D eigenvalue weighted by atomic mass is 10.2. The van der Waals surface area contributed by atoms with Crippen LogP contribution in [-0.4, -0.2) is 27.1 Å². The zero-order valence-corrected chi connectivity index (χ0v) is 8.94. The van der Waals surface area contributed by atoms with E-state index in [1.54, 1.807) is 17.0 Å². The smallest absolute Gasteiger partial charge is 0.312 e. The molecule has 1 saturated heterocycles. The Balaban J connectivity index is 2.01. The number of imidazole rings is 1. The van der Waals surface area contributed by atoms with E-state index in [-0.39, 0.29) is 5.69 Å². The van der Waals surface area contributed by atoms with E-state index in [4.69, 9.17) is 0 Å². The maximum Gasteiger partial charge on any atom is 0.326 e. The van der Waals surface area contributed by atoms with Crippen molar-refractivity contribution in [1.29, 1.82) is 0 Å². The number of nitrogens with one attached hydrogen (secondary N) is 2. The molecule has 5 nitrogen and oxygen atoms in total. The van der Waals surface area contributed by atoms with Gasteiger partial charge in [0, 0.05) is 18.8 Å². The fourth-order valence-electron chi connectivity index (χ4n) is 2.33. The summed E-state index contributed by atoms with van der Waals surface area (Å²) in [7, 11) is 0. The lowest BCUT2D eigenvalue weighted by Gasteiger charge is -2.10. The molecule has 0 radical (unpaired) electrons. The van der Waals surface area contributed by atoms with Gasteiger partial charge in [0.2, 0.25) is 0 Å². The molecule has 1 atom stereocenters. The van der Waals surface area contributed by atoms with Crippen LogP contribution in [0.5, 0.6) is 0 Å². The highest BCUT2D eigenvalue weighted by Crippen LogP contribution is 2.11. The summed E-state index contributed by atoms with van der Waals surface area (Å²) in [6, 6.07) is 2.30. The fourth-order valence-corrected chi connectivity index (χ4v) is 2.33. The van der Waals surface area contributed by atoms with Crippen LogP contribution in [0, 0.1) is 0 Å². The Kier molecular flexibility index (Phi) is 2.25. The van der Waals surface area contributed by atoms with Gasteiger partial charge in [-0.15, -0.1) is 0 Å². The predicted molar refractivity (Wildman–Crippen MR) is 61.4 cm³/mol. The molecule has 0 aromatic carbocycles.